The van der Waals surface area contributed by atoms with Crippen LogP contribution in [-0.4, -0.2) is 30.7 Å². The van der Waals surface area contributed by atoms with E-state index < -0.39 is 0 Å². The van der Waals surface area contributed by atoms with Gasteiger partial charge in [0.25, 0.3) is 0 Å². The Balaban J connectivity index is 1.83. The van der Waals surface area contributed by atoms with E-state index >= 15 is 0 Å². The van der Waals surface area contributed by atoms with Gasteiger partial charge in [0, 0.05) is 22.5 Å². The molecule has 2 aromatic carbocycles. The number of halogens is 1. The van der Waals surface area contributed by atoms with Crippen LogP contribution in [0.1, 0.15) is 11.1 Å². The number of carbonyl (C=O) groups is 1. The van der Waals surface area contributed by atoms with Gasteiger partial charge in [0.1, 0.15) is 0 Å². The Labute approximate surface area is 150 Å². The molecular formula is C18H21BrN2OS. The van der Waals surface area contributed by atoms with Gasteiger partial charge in [-0.05, 0) is 49.5 Å². The van der Waals surface area contributed by atoms with Gasteiger partial charge in [-0.25, -0.2) is 0 Å². The van der Waals surface area contributed by atoms with Gasteiger partial charge in [-0.3, -0.25) is 4.79 Å². The van der Waals surface area contributed by atoms with Crippen molar-refractivity contribution >= 4 is 33.6 Å². The third-order valence-corrected chi connectivity index (χ3v) is 4.81. The Hall–Kier alpha value is -1.30. The molecule has 0 heterocycles. The van der Waals surface area contributed by atoms with Crippen molar-refractivity contribution in [2.75, 3.05) is 19.8 Å². The van der Waals surface area contributed by atoms with E-state index in [0.717, 1.165) is 15.9 Å². The molecule has 0 bridgehead atoms. The molecule has 0 fully saturated rings. The second kappa shape index (κ2) is 9.11. The van der Waals surface area contributed by atoms with Crippen LogP contribution in [0.25, 0.3) is 0 Å². The highest BCUT2D eigenvalue weighted by Crippen LogP contribution is 2.20. The number of thioether (sulfide) groups is 1. The number of carbonyl (C=O) groups excluding carboxylic acids is 1. The molecule has 0 unspecified atom stereocenters. The first kappa shape index (κ1) is 18.0. The van der Waals surface area contributed by atoms with E-state index in [1.807, 2.05) is 50.5 Å². The van der Waals surface area contributed by atoms with Gasteiger partial charge in [0.05, 0.1) is 5.75 Å². The van der Waals surface area contributed by atoms with Crippen molar-refractivity contribution in [3.05, 3.63) is 64.1 Å². The lowest BCUT2D eigenvalue weighted by Gasteiger charge is -2.14. The minimum atomic E-state index is 0.0533. The quantitative estimate of drug-likeness (QED) is 0.724. The van der Waals surface area contributed by atoms with Crippen LogP contribution >= 0.6 is 27.7 Å². The van der Waals surface area contributed by atoms with Crippen LogP contribution in [-0.2, 0) is 17.9 Å². The summed E-state index contributed by atoms with van der Waals surface area (Å²) in [5.41, 5.74) is 2.42. The second-order valence-corrected chi connectivity index (χ2v) is 7.49. The summed E-state index contributed by atoms with van der Waals surface area (Å²) in [6.45, 7) is 1.45. The number of hydrogen-bond acceptors (Lipinski definition) is 3. The highest BCUT2D eigenvalue weighted by atomic mass is 79.9. The van der Waals surface area contributed by atoms with Crippen LogP contribution in [0.15, 0.2) is 57.9 Å². The zero-order valence-electron chi connectivity index (χ0n) is 13.4. The Morgan fingerprint density at radius 1 is 1.09 bits per heavy atom. The predicted octanol–water partition coefficient (Wildman–Crippen LogP) is 3.92. The topological polar surface area (TPSA) is 32.3 Å². The third kappa shape index (κ3) is 6.37. The summed E-state index contributed by atoms with van der Waals surface area (Å²) in [7, 11) is 4.09. The van der Waals surface area contributed by atoms with Crippen LogP contribution in [0.5, 0.6) is 0 Å². The maximum atomic E-state index is 12.0. The van der Waals surface area contributed by atoms with Gasteiger partial charge in [-0.15, -0.1) is 11.8 Å². The van der Waals surface area contributed by atoms with Gasteiger partial charge in [0.15, 0.2) is 0 Å². The standard InChI is InChI=1S/C18H21BrN2OS/c1-21(2)12-15-6-4-3-5-14(15)11-20-18(22)13-23-17-9-7-16(19)8-10-17/h3-10H,11-13H2,1-2H3,(H,20,22). The first-order chi connectivity index (χ1) is 11.0. The molecule has 0 aliphatic heterocycles. The number of nitrogens with one attached hydrogen (secondary N) is 1. The summed E-state index contributed by atoms with van der Waals surface area (Å²) in [5.74, 6) is 0.481. The van der Waals surface area contributed by atoms with E-state index in [2.05, 4.69) is 38.3 Å². The fourth-order valence-electron chi connectivity index (χ4n) is 2.15. The van der Waals surface area contributed by atoms with Crippen molar-refractivity contribution in [2.45, 2.75) is 18.0 Å². The minimum Gasteiger partial charge on any atom is -0.351 e. The van der Waals surface area contributed by atoms with E-state index in [0.29, 0.717) is 12.3 Å². The maximum Gasteiger partial charge on any atom is 0.230 e. The minimum absolute atomic E-state index is 0.0533. The molecule has 0 aliphatic rings. The fraction of sp³-hybridized carbons (Fsp3) is 0.278. The Morgan fingerprint density at radius 2 is 1.74 bits per heavy atom. The molecular weight excluding hydrogens is 372 g/mol. The zero-order chi connectivity index (χ0) is 16.7. The van der Waals surface area contributed by atoms with Crippen LogP contribution in [0.4, 0.5) is 0 Å². The predicted molar refractivity (Wildman–Crippen MR) is 101 cm³/mol. The van der Waals surface area contributed by atoms with Crippen molar-refractivity contribution in [1.82, 2.24) is 10.2 Å². The van der Waals surface area contributed by atoms with Crippen molar-refractivity contribution < 1.29 is 4.79 Å². The lowest BCUT2D eigenvalue weighted by Crippen LogP contribution is -2.25. The smallest absolute Gasteiger partial charge is 0.230 e. The molecule has 0 aromatic heterocycles. The van der Waals surface area contributed by atoms with Crippen LogP contribution in [0.3, 0.4) is 0 Å². The van der Waals surface area contributed by atoms with Crippen molar-refractivity contribution in [3.63, 3.8) is 0 Å². The highest BCUT2D eigenvalue weighted by Gasteiger charge is 2.06. The van der Waals surface area contributed by atoms with E-state index in [-0.39, 0.29) is 5.91 Å². The molecule has 0 saturated carbocycles. The average molecular weight is 393 g/mol. The van der Waals surface area contributed by atoms with E-state index in [1.165, 1.54) is 11.1 Å². The monoisotopic (exact) mass is 392 g/mol. The van der Waals surface area contributed by atoms with Gasteiger partial charge >= 0.3 is 0 Å². The van der Waals surface area contributed by atoms with Crippen LogP contribution in [0.2, 0.25) is 0 Å². The molecule has 1 amide bonds. The van der Waals surface area contributed by atoms with E-state index in [4.69, 9.17) is 0 Å². The molecule has 0 radical (unpaired) electrons. The SMILES string of the molecule is CN(C)Cc1ccccc1CNC(=O)CSc1ccc(Br)cc1. The average Bonchev–Trinajstić information content (AvgIpc) is 2.53. The molecule has 2 aromatic rings. The first-order valence-corrected chi connectivity index (χ1v) is 9.19. The molecule has 0 spiro atoms. The summed E-state index contributed by atoms with van der Waals surface area (Å²) in [6, 6.07) is 16.2. The number of hydrogen-bond donors (Lipinski definition) is 1. The lowest BCUT2D eigenvalue weighted by molar-refractivity contribution is -0.118. The van der Waals surface area contributed by atoms with E-state index in [9.17, 15) is 4.79 Å². The van der Waals surface area contributed by atoms with Gasteiger partial charge < -0.3 is 10.2 Å². The van der Waals surface area contributed by atoms with Crippen molar-refractivity contribution in [3.8, 4) is 0 Å². The number of amides is 1. The summed E-state index contributed by atoms with van der Waals surface area (Å²) in [4.78, 5) is 15.3. The van der Waals surface area contributed by atoms with E-state index in [1.54, 1.807) is 11.8 Å². The normalized spacial score (nSPS) is 10.8. The Morgan fingerprint density at radius 3 is 2.39 bits per heavy atom. The number of benzene rings is 2. The zero-order valence-corrected chi connectivity index (χ0v) is 15.8. The first-order valence-electron chi connectivity index (χ1n) is 7.41. The van der Waals surface area contributed by atoms with Crippen molar-refractivity contribution in [1.29, 1.82) is 0 Å². The fourth-order valence-corrected chi connectivity index (χ4v) is 3.14. The van der Waals surface area contributed by atoms with Crippen molar-refractivity contribution in [2.24, 2.45) is 0 Å². The lowest BCUT2D eigenvalue weighted by atomic mass is 10.1. The molecule has 3 nitrogen and oxygen atoms in total. The van der Waals surface area contributed by atoms with Gasteiger partial charge in [0.2, 0.25) is 5.91 Å². The molecule has 0 atom stereocenters. The number of nitrogens with zero attached hydrogens (tertiary/aromatic N) is 1. The largest absolute Gasteiger partial charge is 0.351 e. The molecule has 2 rings (SSSR count). The number of rotatable bonds is 7. The van der Waals surface area contributed by atoms with Crippen LogP contribution in [0, 0.1) is 0 Å². The van der Waals surface area contributed by atoms with Gasteiger partial charge in [-0.2, -0.15) is 0 Å². The molecule has 5 heteroatoms. The van der Waals surface area contributed by atoms with Crippen LogP contribution < -0.4 is 5.32 Å². The summed E-state index contributed by atoms with van der Waals surface area (Å²) < 4.78 is 1.05. The third-order valence-electron chi connectivity index (χ3n) is 3.26. The summed E-state index contributed by atoms with van der Waals surface area (Å²) in [5, 5.41) is 3.01. The highest BCUT2D eigenvalue weighted by molar-refractivity contribution is 9.10. The molecule has 122 valence electrons. The summed E-state index contributed by atoms with van der Waals surface area (Å²) >= 11 is 4.95. The second-order valence-electron chi connectivity index (χ2n) is 5.53. The molecule has 1 N–H and O–H groups in total. The molecule has 23 heavy (non-hydrogen) atoms. The molecule has 0 saturated heterocycles. The Kier molecular flexibility index (Phi) is 7.15. The Bertz CT molecular complexity index is 644. The summed E-state index contributed by atoms with van der Waals surface area (Å²) in [6.07, 6.45) is 0. The maximum absolute atomic E-state index is 12.0. The molecule has 0 aliphatic carbocycles. The van der Waals surface area contributed by atoms with Gasteiger partial charge in [-0.1, -0.05) is 40.2 Å².